The van der Waals surface area contributed by atoms with Gasteiger partial charge >= 0.3 is 0 Å². The van der Waals surface area contributed by atoms with Gasteiger partial charge < -0.3 is 0 Å². The molecule has 0 rings (SSSR count). The Bertz CT molecular complexity index is 3.25. The summed E-state index contributed by atoms with van der Waals surface area (Å²) in [5.41, 5.74) is 0. The van der Waals surface area contributed by atoms with Crippen LogP contribution >= 0.6 is 0 Å². The molecule has 0 atom stereocenters. The maximum atomic E-state index is 0. The molecule has 4 heavy (non-hydrogen) atoms. The molecule has 0 fully saturated rings. The molecule has 0 N–H and O–H groups in total. The second kappa shape index (κ2) is 15.8. The van der Waals surface area contributed by atoms with Gasteiger partial charge in [-0.2, -0.15) is 0 Å². The average Bonchev–Trinajstić information content (AvgIpc) is 0. The SMILES string of the molecule is [Bi].[Na].[Na].[Na]. The molecule has 0 heterocycles. The third-order valence-electron chi connectivity index (χ3n) is 0. The monoisotopic (exact) mass is 278 g/mol. The molecule has 4 heteroatoms. The zero-order chi connectivity index (χ0) is 0. The summed E-state index contributed by atoms with van der Waals surface area (Å²) in [7, 11) is 0. The summed E-state index contributed by atoms with van der Waals surface area (Å²) in [5, 5.41) is 0. The van der Waals surface area contributed by atoms with E-state index in [0.717, 1.165) is 0 Å². The van der Waals surface area contributed by atoms with Crippen molar-refractivity contribution in [3.05, 3.63) is 0 Å². The van der Waals surface area contributed by atoms with Gasteiger partial charge in [0.1, 0.15) is 0 Å². The van der Waals surface area contributed by atoms with Crippen LogP contribution in [0, 0.1) is 0 Å². The number of hydrogen-bond acceptors (Lipinski definition) is 0. The Morgan fingerprint density at radius 3 is 0.500 bits per heavy atom. The molecule has 0 aliphatic rings. The van der Waals surface area contributed by atoms with Crippen molar-refractivity contribution in [1.29, 1.82) is 0 Å². The first kappa shape index (κ1) is 24.8. The first-order valence-electron chi connectivity index (χ1n) is 0. The summed E-state index contributed by atoms with van der Waals surface area (Å²) in [6.07, 6.45) is 0. The maximum absolute atomic E-state index is 0. The molecule has 0 aromatic carbocycles. The molecule has 0 aromatic rings. The summed E-state index contributed by atoms with van der Waals surface area (Å²) in [6.45, 7) is 0. The summed E-state index contributed by atoms with van der Waals surface area (Å²) in [5.74, 6) is 0. The van der Waals surface area contributed by atoms with Crippen molar-refractivity contribution in [3.8, 4) is 0 Å². The van der Waals surface area contributed by atoms with Gasteiger partial charge in [0, 0.05) is 115 Å². The quantitative estimate of drug-likeness (QED) is 0.472. The molecular formula is BiNa3. The van der Waals surface area contributed by atoms with E-state index >= 15 is 0 Å². The van der Waals surface area contributed by atoms with Crippen LogP contribution in [-0.2, 0) is 0 Å². The molecule has 0 unspecified atom stereocenters. The Morgan fingerprint density at radius 1 is 0.500 bits per heavy atom. The van der Waals surface area contributed by atoms with E-state index < -0.39 is 0 Å². The fourth-order valence-corrected chi connectivity index (χ4v) is 0. The Balaban J connectivity index is 0. The normalized spacial score (nSPS) is 0. The molecular weight excluding hydrogens is 278 g/mol. The molecule has 0 saturated heterocycles. The summed E-state index contributed by atoms with van der Waals surface area (Å²) < 4.78 is 0. The van der Waals surface area contributed by atoms with Crippen LogP contribution in [-0.4, -0.2) is 115 Å². The number of hydrogen-bond donors (Lipinski definition) is 0. The van der Waals surface area contributed by atoms with Gasteiger partial charge in [-0.25, -0.2) is 0 Å². The second-order valence-electron chi connectivity index (χ2n) is 0. The molecule has 0 amide bonds. The average molecular weight is 278 g/mol. The van der Waals surface area contributed by atoms with E-state index in [1.807, 2.05) is 0 Å². The molecule has 0 aromatic heterocycles. The van der Waals surface area contributed by atoms with Crippen molar-refractivity contribution < 1.29 is 0 Å². The van der Waals surface area contributed by atoms with E-state index in [-0.39, 0.29) is 115 Å². The topological polar surface area (TPSA) is 0 Å². The van der Waals surface area contributed by atoms with Gasteiger partial charge in [0.15, 0.2) is 0 Å². The van der Waals surface area contributed by atoms with Crippen molar-refractivity contribution in [2.24, 2.45) is 0 Å². The third kappa shape index (κ3) is 9.30. The molecule has 0 aliphatic carbocycles. The number of rotatable bonds is 0. The van der Waals surface area contributed by atoms with Crippen molar-refractivity contribution >= 4 is 115 Å². The summed E-state index contributed by atoms with van der Waals surface area (Å²) in [6, 6.07) is 0. The van der Waals surface area contributed by atoms with Crippen LogP contribution in [0.2, 0.25) is 0 Å². The molecule has 0 aliphatic heterocycles. The van der Waals surface area contributed by atoms with Crippen LogP contribution in [0.5, 0.6) is 0 Å². The Kier molecular flexibility index (Phi) is 97.8. The van der Waals surface area contributed by atoms with Crippen LogP contribution in [0.4, 0.5) is 0 Å². The summed E-state index contributed by atoms with van der Waals surface area (Å²) in [4.78, 5) is 0. The minimum Gasteiger partial charge on any atom is 0 e. The van der Waals surface area contributed by atoms with Gasteiger partial charge in [-0.1, -0.05) is 0 Å². The first-order chi connectivity index (χ1) is 0. The minimum atomic E-state index is 0. The summed E-state index contributed by atoms with van der Waals surface area (Å²) >= 11 is 0. The van der Waals surface area contributed by atoms with Crippen LogP contribution < -0.4 is 0 Å². The van der Waals surface area contributed by atoms with Gasteiger partial charge in [-0.3, -0.25) is 0 Å². The van der Waals surface area contributed by atoms with Crippen molar-refractivity contribution in [1.82, 2.24) is 0 Å². The second-order valence-corrected chi connectivity index (χ2v) is 0. The van der Waals surface area contributed by atoms with Gasteiger partial charge in [-0.05, 0) is 0 Å². The van der Waals surface area contributed by atoms with Crippen molar-refractivity contribution in [3.63, 3.8) is 0 Å². The van der Waals surface area contributed by atoms with E-state index in [1.165, 1.54) is 0 Å². The third-order valence-corrected chi connectivity index (χ3v) is 0. The standard InChI is InChI=1S/Bi.3Na. The molecule has 6 radical (unpaired) electrons. The predicted octanol–water partition coefficient (Wildman–Crippen LogP) is -1.52. The maximum Gasteiger partial charge on any atom is 0 e. The molecule has 0 saturated carbocycles. The largest absolute Gasteiger partial charge is 0 e. The molecule has 0 nitrogen and oxygen atoms in total. The van der Waals surface area contributed by atoms with Crippen molar-refractivity contribution in [2.45, 2.75) is 0 Å². The van der Waals surface area contributed by atoms with E-state index in [1.54, 1.807) is 0 Å². The van der Waals surface area contributed by atoms with Crippen molar-refractivity contribution in [2.75, 3.05) is 0 Å². The predicted molar refractivity (Wildman–Crippen MR) is 23.0 cm³/mol. The van der Waals surface area contributed by atoms with E-state index in [4.69, 9.17) is 0 Å². The van der Waals surface area contributed by atoms with Crippen LogP contribution in [0.15, 0.2) is 0 Å². The van der Waals surface area contributed by atoms with Gasteiger partial charge in [0.2, 0.25) is 0 Å². The van der Waals surface area contributed by atoms with E-state index in [2.05, 4.69) is 0 Å². The van der Waals surface area contributed by atoms with E-state index in [9.17, 15) is 0 Å². The minimum absolute atomic E-state index is 0. The molecule has 0 bridgehead atoms. The van der Waals surface area contributed by atoms with Crippen LogP contribution in [0.1, 0.15) is 0 Å². The fourth-order valence-electron chi connectivity index (χ4n) is 0. The Morgan fingerprint density at radius 2 is 0.500 bits per heavy atom. The zero-order valence-electron chi connectivity index (χ0n) is 3.45. The van der Waals surface area contributed by atoms with Crippen LogP contribution in [0.25, 0.3) is 0 Å². The first-order valence-corrected chi connectivity index (χ1v) is 0. The van der Waals surface area contributed by atoms with E-state index in [0.29, 0.717) is 0 Å². The Labute approximate surface area is 112 Å². The zero-order valence-corrected chi connectivity index (χ0v) is 12.9. The van der Waals surface area contributed by atoms with Gasteiger partial charge in [0.05, 0.1) is 0 Å². The molecule has 0 spiro atoms. The van der Waals surface area contributed by atoms with Crippen LogP contribution in [0.3, 0.4) is 0 Å². The van der Waals surface area contributed by atoms with Gasteiger partial charge in [-0.15, -0.1) is 0 Å². The Hall–Kier alpha value is 3.88. The van der Waals surface area contributed by atoms with Gasteiger partial charge in [0.25, 0.3) is 0 Å². The molecule has 8 valence electrons. The fraction of sp³-hybridized carbons (Fsp3) is 0. The smallest absolute Gasteiger partial charge is 0 e.